The van der Waals surface area contributed by atoms with E-state index in [2.05, 4.69) is 35.6 Å². The van der Waals surface area contributed by atoms with Crippen LogP contribution in [-0.2, 0) is 7.05 Å². The van der Waals surface area contributed by atoms with Gasteiger partial charge < -0.3 is 15.2 Å². The Balaban J connectivity index is 1.69. The van der Waals surface area contributed by atoms with Gasteiger partial charge in [-0.05, 0) is 19.1 Å². The maximum Gasteiger partial charge on any atom is 0.227 e. The van der Waals surface area contributed by atoms with Crippen LogP contribution in [-0.4, -0.2) is 29.5 Å². The molecule has 0 aromatic carbocycles. The van der Waals surface area contributed by atoms with Crippen molar-refractivity contribution in [1.82, 2.24) is 29.5 Å². The fourth-order valence-corrected chi connectivity index (χ4v) is 2.73. The molecule has 0 radical (unpaired) electrons. The van der Waals surface area contributed by atoms with E-state index in [1.165, 1.54) is 0 Å². The first-order valence-electron chi connectivity index (χ1n) is 8.45. The van der Waals surface area contributed by atoms with Crippen molar-refractivity contribution in [1.29, 1.82) is 0 Å². The Morgan fingerprint density at radius 3 is 2.75 bits per heavy atom. The highest BCUT2D eigenvalue weighted by molar-refractivity contribution is 5.88. The quantitative estimate of drug-likeness (QED) is 0.547. The Morgan fingerprint density at radius 2 is 2.00 bits per heavy atom. The number of rotatable bonds is 5. The number of pyridine rings is 2. The lowest BCUT2D eigenvalue weighted by Gasteiger charge is -2.15. The van der Waals surface area contributed by atoms with E-state index in [0.29, 0.717) is 22.7 Å². The molecule has 0 fully saturated rings. The smallest absolute Gasteiger partial charge is 0.227 e. The zero-order valence-corrected chi connectivity index (χ0v) is 15.1. The number of aryl methyl sites for hydroxylation is 1. The first kappa shape index (κ1) is 17.7. The molecule has 10 heteroatoms. The maximum absolute atomic E-state index is 14.0. The van der Waals surface area contributed by atoms with Crippen molar-refractivity contribution < 1.29 is 8.78 Å². The highest BCUT2D eigenvalue weighted by Crippen LogP contribution is 2.25. The number of nitrogens with zero attached hydrogens (tertiary/aromatic N) is 6. The van der Waals surface area contributed by atoms with E-state index in [1.807, 2.05) is 13.1 Å². The van der Waals surface area contributed by atoms with Crippen LogP contribution in [0.15, 0.2) is 43.1 Å². The van der Waals surface area contributed by atoms with Crippen LogP contribution in [0, 0.1) is 11.6 Å². The molecule has 0 saturated carbocycles. The Bertz CT molecular complexity index is 1140. The minimum atomic E-state index is -0.745. The van der Waals surface area contributed by atoms with Gasteiger partial charge in [-0.2, -0.15) is 9.97 Å². The second-order valence-corrected chi connectivity index (χ2v) is 6.21. The normalized spacial score (nSPS) is 12.1. The summed E-state index contributed by atoms with van der Waals surface area (Å²) in [6, 6.07) is 3.81. The van der Waals surface area contributed by atoms with Crippen LogP contribution in [0.2, 0.25) is 0 Å². The van der Waals surface area contributed by atoms with Crippen LogP contribution in [0.3, 0.4) is 0 Å². The Morgan fingerprint density at radius 1 is 1.14 bits per heavy atom. The fourth-order valence-electron chi connectivity index (χ4n) is 2.73. The number of aromatic nitrogens is 6. The standard InChI is InChI=1S/C18H16F2N8/c1-10(15-13(20)6-11(19)7-22-15)24-18-26-16-12(4-3-5-21-16)17(27-18)25-14-8-28(2)9-23-14/h3-10H,1-2H3,(H2,21,24,25,26,27). The molecule has 28 heavy (non-hydrogen) atoms. The number of anilines is 3. The molecule has 0 aliphatic rings. The monoisotopic (exact) mass is 382 g/mol. The van der Waals surface area contributed by atoms with Crippen molar-refractivity contribution in [2.45, 2.75) is 13.0 Å². The predicted octanol–water partition coefficient (Wildman–Crippen LogP) is 3.35. The maximum atomic E-state index is 14.0. The predicted molar refractivity (Wildman–Crippen MR) is 100 cm³/mol. The minimum Gasteiger partial charge on any atom is -0.346 e. The molecule has 4 heterocycles. The van der Waals surface area contributed by atoms with E-state index >= 15 is 0 Å². The molecule has 142 valence electrons. The van der Waals surface area contributed by atoms with Crippen LogP contribution < -0.4 is 10.6 Å². The lowest BCUT2D eigenvalue weighted by atomic mass is 10.2. The third-order valence-corrected chi connectivity index (χ3v) is 4.01. The van der Waals surface area contributed by atoms with Crippen molar-refractivity contribution in [2.75, 3.05) is 10.6 Å². The summed E-state index contributed by atoms with van der Waals surface area (Å²) < 4.78 is 28.9. The van der Waals surface area contributed by atoms with Crippen molar-refractivity contribution in [3.8, 4) is 0 Å². The summed E-state index contributed by atoms with van der Waals surface area (Å²) in [6.07, 6.45) is 6.05. The summed E-state index contributed by atoms with van der Waals surface area (Å²) in [5.74, 6) is -0.148. The molecule has 0 spiro atoms. The molecule has 2 N–H and O–H groups in total. The molecule has 0 aliphatic carbocycles. The minimum absolute atomic E-state index is 0.0605. The zero-order valence-electron chi connectivity index (χ0n) is 15.1. The van der Waals surface area contributed by atoms with Crippen molar-refractivity contribution in [2.24, 2.45) is 7.05 Å². The Hall–Kier alpha value is -3.69. The van der Waals surface area contributed by atoms with Gasteiger partial charge in [0.05, 0.1) is 29.6 Å². The topological polar surface area (TPSA) is 93.4 Å². The van der Waals surface area contributed by atoms with Gasteiger partial charge in [-0.15, -0.1) is 0 Å². The van der Waals surface area contributed by atoms with Crippen LogP contribution >= 0.6 is 0 Å². The summed E-state index contributed by atoms with van der Waals surface area (Å²) in [4.78, 5) is 21.2. The molecule has 4 aromatic heterocycles. The first-order valence-corrected chi connectivity index (χ1v) is 8.45. The summed E-state index contributed by atoms with van der Waals surface area (Å²) >= 11 is 0. The number of hydrogen-bond acceptors (Lipinski definition) is 7. The average Bonchev–Trinajstić information content (AvgIpc) is 3.06. The molecule has 0 amide bonds. The molecular formula is C18H16F2N8. The molecule has 0 saturated heterocycles. The Labute approximate surface area is 158 Å². The fraction of sp³-hybridized carbons (Fsp3) is 0.167. The lowest BCUT2D eigenvalue weighted by molar-refractivity contribution is 0.550. The molecule has 0 aliphatic heterocycles. The molecule has 8 nitrogen and oxygen atoms in total. The highest BCUT2D eigenvalue weighted by Gasteiger charge is 2.16. The van der Waals surface area contributed by atoms with Gasteiger partial charge in [0, 0.05) is 25.5 Å². The second-order valence-electron chi connectivity index (χ2n) is 6.21. The number of halogens is 2. The van der Waals surface area contributed by atoms with E-state index in [-0.39, 0.29) is 11.6 Å². The number of fused-ring (bicyclic) bond motifs is 1. The van der Waals surface area contributed by atoms with Crippen molar-refractivity contribution >= 4 is 28.6 Å². The van der Waals surface area contributed by atoms with E-state index in [4.69, 9.17) is 0 Å². The molecular weight excluding hydrogens is 366 g/mol. The van der Waals surface area contributed by atoms with E-state index < -0.39 is 17.7 Å². The van der Waals surface area contributed by atoms with Gasteiger partial charge in [-0.3, -0.25) is 4.98 Å². The molecule has 4 rings (SSSR count). The Kier molecular flexibility index (Phi) is 4.52. The number of nitrogens with one attached hydrogen (secondary N) is 2. The zero-order chi connectivity index (χ0) is 19.7. The highest BCUT2D eigenvalue weighted by atomic mass is 19.1. The van der Waals surface area contributed by atoms with Crippen LogP contribution in [0.25, 0.3) is 11.0 Å². The SMILES string of the molecule is CC(Nc1nc(Nc2cn(C)cn2)c2cccnc2n1)c1ncc(F)cc1F. The number of hydrogen-bond donors (Lipinski definition) is 2. The molecule has 1 unspecified atom stereocenters. The van der Waals surface area contributed by atoms with E-state index in [9.17, 15) is 8.78 Å². The largest absolute Gasteiger partial charge is 0.346 e. The molecule has 1 atom stereocenters. The van der Waals surface area contributed by atoms with Gasteiger partial charge in [0.2, 0.25) is 5.95 Å². The third-order valence-electron chi connectivity index (χ3n) is 4.01. The van der Waals surface area contributed by atoms with Gasteiger partial charge in [0.15, 0.2) is 5.65 Å². The first-order chi connectivity index (χ1) is 13.5. The number of imidazole rings is 1. The van der Waals surface area contributed by atoms with Crippen molar-refractivity contribution in [3.05, 3.63) is 60.4 Å². The van der Waals surface area contributed by atoms with Crippen molar-refractivity contribution in [3.63, 3.8) is 0 Å². The summed E-state index contributed by atoms with van der Waals surface area (Å²) in [5, 5.41) is 6.83. The average molecular weight is 382 g/mol. The van der Waals surface area contributed by atoms with E-state index in [0.717, 1.165) is 12.3 Å². The van der Waals surface area contributed by atoms with Crippen LogP contribution in [0.5, 0.6) is 0 Å². The van der Waals surface area contributed by atoms with Gasteiger partial charge in [-0.25, -0.2) is 18.7 Å². The lowest BCUT2D eigenvalue weighted by Crippen LogP contribution is -2.14. The van der Waals surface area contributed by atoms with Gasteiger partial charge >= 0.3 is 0 Å². The third kappa shape index (κ3) is 3.56. The summed E-state index contributed by atoms with van der Waals surface area (Å²) in [7, 11) is 1.86. The second kappa shape index (κ2) is 7.14. The van der Waals surface area contributed by atoms with Gasteiger partial charge in [-0.1, -0.05) is 0 Å². The van der Waals surface area contributed by atoms with E-state index in [1.54, 1.807) is 36.3 Å². The van der Waals surface area contributed by atoms with Gasteiger partial charge in [0.1, 0.15) is 23.3 Å². The van der Waals surface area contributed by atoms with Gasteiger partial charge in [0.25, 0.3) is 0 Å². The van der Waals surface area contributed by atoms with Crippen LogP contribution in [0.4, 0.5) is 26.4 Å². The van der Waals surface area contributed by atoms with Crippen LogP contribution in [0.1, 0.15) is 18.7 Å². The summed E-state index contributed by atoms with van der Waals surface area (Å²) in [6.45, 7) is 1.68. The molecule has 4 aromatic rings. The molecule has 0 bridgehead atoms. The summed E-state index contributed by atoms with van der Waals surface area (Å²) in [5.41, 5.74) is 0.517.